The number of methoxy groups -OCH3 is 1. The van der Waals surface area contributed by atoms with Crippen LogP contribution in [0.3, 0.4) is 0 Å². The first-order chi connectivity index (χ1) is 11.2. The van der Waals surface area contributed by atoms with E-state index >= 15 is 0 Å². The molecule has 0 amide bonds. The molecule has 0 unspecified atom stereocenters. The second-order valence-corrected chi connectivity index (χ2v) is 5.42. The van der Waals surface area contributed by atoms with Crippen LogP contribution in [0.2, 0.25) is 5.02 Å². The molecule has 0 saturated carbocycles. The summed E-state index contributed by atoms with van der Waals surface area (Å²) in [6.07, 6.45) is 1.65. The highest BCUT2D eigenvalue weighted by Gasteiger charge is 2.12. The van der Waals surface area contributed by atoms with Crippen LogP contribution in [0.5, 0.6) is 5.75 Å². The maximum Gasteiger partial charge on any atom is 0.216 e. The molecule has 0 saturated heterocycles. The van der Waals surface area contributed by atoms with Crippen molar-refractivity contribution in [1.29, 1.82) is 0 Å². The van der Waals surface area contributed by atoms with Gasteiger partial charge in [-0.15, -0.1) is 0 Å². The molecule has 0 aliphatic rings. The van der Waals surface area contributed by atoms with E-state index in [9.17, 15) is 0 Å². The predicted octanol–water partition coefficient (Wildman–Crippen LogP) is 4.15. The lowest BCUT2D eigenvalue weighted by Crippen LogP contribution is -1.97. The van der Waals surface area contributed by atoms with Gasteiger partial charge >= 0.3 is 0 Å². The van der Waals surface area contributed by atoms with Gasteiger partial charge in [0.05, 0.1) is 18.9 Å². The highest BCUT2D eigenvalue weighted by Crippen LogP contribution is 2.28. The van der Waals surface area contributed by atoms with Crippen LogP contribution in [0.1, 0.15) is 5.56 Å². The number of halogens is 1. The van der Waals surface area contributed by atoms with Crippen LogP contribution in [0, 0.1) is 4.77 Å². The molecule has 0 radical (unpaired) electrons. The van der Waals surface area contributed by atoms with Crippen molar-refractivity contribution in [1.82, 2.24) is 14.9 Å². The number of rotatable bonds is 4. The van der Waals surface area contributed by atoms with Gasteiger partial charge in [-0.2, -0.15) is 14.9 Å². The fraction of sp³-hybridized carbons (Fsp3) is 0.0625. The molecule has 116 valence electrons. The summed E-state index contributed by atoms with van der Waals surface area (Å²) in [5.74, 6) is 1.26. The molecule has 3 rings (SSSR count). The highest BCUT2D eigenvalue weighted by atomic mass is 35.5. The second kappa shape index (κ2) is 6.76. The van der Waals surface area contributed by atoms with Crippen LogP contribution in [-0.2, 0) is 0 Å². The summed E-state index contributed by atoms with van der Waals surface area (Å²) < 4.78 is 7.29. The third kappa shape index (κ3) is 3.18. The van der Waals surface area contributed by atoms with Crippen molar-refractivity contribution >= 4 is 30.0 Å². The number of nitrogens with one attached hydrogen (secondary N) is 1. The zero-order valence-corrected chi connectivity index (χ0v) is 13.8. The quantitative estimate of drug-likeness (QED) is 0.571. The maximum atomic E-state index is 6.14. The molecule has 1 heterocycles. The smallest absolute Gasteiger partial charge is 0.216 e. The maximum absolute atomic E-state index is 6.14. The number of aromatic amines is 1. The predicted molar refractivity (Wildman–Crippen MR) is 93.8 cm³/mol. The zero-order chi connectivity index (χ0) is 16.2. The molecule has 1 aromatic heterocycles. The summed E-state index contributed by atoms with van der Waals surface area (Å²) >= 11 is 11.4. The molecule has 23 heavy (non-hydrogen) atoms. The van der Waals surface area contributed by atoms with Crippen molar-refractivity contribution in [2.24, 2.45) is 5.10 Å². The summed E-state index contributed by atoms with van der Waals surface area (Å²) in [7, 11) is 1.61. The zero-order valence-electron chi connectivity index (χ0n) is 12.2. The van der Waals surface area contributed by atoms with Gasteiger partial charge < -0.3 is 4.74 Å². The number of hydrogen-bond acceptors (Lipinski definition) is 4. The lowest BCUT2D eigenvalue weighted by molar-refractivity contribution is 0.416. The molecular weight excluding hydrogens is 332 g/mol. The Morgan fingerprint density at radius 2 is 1.96 bits per heavy atom. The molecule has 3 aromatic rings. The van der Waals surface area contributed by atoms with Crippen LogP contribution < -0.4 is 4.74 Å². The Morgan fingerprint density at radius 1 is 1.22 bits per heavy atom. The summed E-state index contributed by atoms with van der Waals surface area (Å²) in [4.78, 5) is 0. The van der Waals surface area contributed by atoms with Gasteiger partial charge in [0.15, 0.2) is 5.82 Å². The van der Waals surface area contributed by atoms with E-state index in [2.05, 4.69) is 15.3 Å². The first-order valence-electron chi connectivity index (χ1n) is 6.80. The number of nitrogens with zero attached hydrogens (tertiary/aromatic N) is 3. The fourth-order valence-corrected chi connectivity index (χ4v) is 2.47. The summed E-state index contributed by atoms with van der Waals surface area (Å²) in [6, 6.07) is 15.0. The van der Waals surface area contributed by atoms with Gasteiger partial charge in [-0.25, -0.2) is 5.10 Å². The third-order valence-electron chi connectivity index (χ3n) is 3.22. The topological polar surface area (TPSA) is 55.2 Å². The summed E-state index contributed by atoms with van der Waals surface area (Å²) in [5.41, 5.74) is 1.59. The van der Waals surface area contributed by atoms with E-state index in [-0.39, 0.29) is 0 Å². The number of H-pyrrole nitrogens is 1. The van der Waals surface area contributed by atoms with Gasteiger partial charge in [0.25, 0.3) is 0 Å². The van der Waals surface area contributed by atoms with Crippen molar-refractivity contribution in [2.75, 3.05) is 7.11 Å². The Hall–Kier alpha value is -2.44. The van der Waals surface area contributed by atoms with Crippen molar-refractivity contribution in [3.8, 4) is 17.1 Å². The van der Waals surface area contributed by atoms with Gasteiger partial charge in [0.2, 0.25) is 4.77 Å². The van der Waals surface area contributed by atoms with E-state index in [1.165, 1.54) is 4.68 Å². The summed E-state index contributed by atoms with van der Waals surface area (Å²) in [5, 5.41) is 12.0. The molecular formula is C16H13ClN4OS. The number of ether oxygens (including phenoxy) is 1. The van der Waals surface area contributed by atoms with Crippen molar-refractivity contribution in [3.05, 3.63) is 63.9 Å². The average Bonchev–Trinajstić information content (AvgIpc) is 2.95. The molecule has 2 aromatic carbocycles. The van der Waals surface area contributed by atoms with Crippen LogP contribution in [0.15, 0.2) is 53.6 Å². The fourth-order valence-electron chi connectivity index (χ4n) is 2.10. The van der Waals surface area contributed by atoms with Gasteiger partial charge in [-0.1, -0.05) is 41.9 Å². The SMILES string of the molecule is COc1ccccc1-c1n[nH]c(=S)n1N=Cc1ccccc1Cl. The van der Waals surface area contributed by atoms with Crippen LogP contribution in [0.4, 0.5) is 0 Å². The minimum absolute atomic E-state index is 0.384. The van der Waals surface area contributed by atoms with Gasteiger partial charge in [0.1, 0.15) is 5.75 Å². The monoisotopic (exact) mass is 344 g/mol. The summed E-state index contributed by atoms with van der Waals surface area (Å²) in [6.45, 7) is 0. The Bertz CT molecular complexity index is 916. The first kappa shape index (κ1) is 15.5. The number of hydrogen-bond donors (Lipinski definition) is 1. The van der Waals surface area contributed by atoms with E-state index in [0.717, 1.165) is 11.1 Å². The van der Waals surface area contributed by atoms with E-state index in [0.29, 0.717) is 21.4 Å². The number of aromatic nitrogens is 3. The third-order valence-corrected chi connectivity index (χ3v) is 3.82. The van der Waals surface area contributed by atoms with E-state index in [4.69, 9.17) is 28.6 Å². The minimum Gasteiger partial charge on any atom is -0.496 e. The molecule has 0 fully saturated rings. The lowest BCUT2D eigenvalue weighted by atomic mass is 10.2. The van der Waals surface area contributed by atoms with Crippen LogP contribution in [0.25, 0.3) is 11.4 Å². The standard InChI is InChI=1S/C16H13ClN4OS/c1-22-14-9-5-3-7-12(14)15-19-20-16(23)21(15)18-10-11-6-2-4-8-13(11)17/h2-10H,1H3,(H,20,23). The van der Waals surface area contributed by atoms with Gasteiger partial charge in [0, 0.05) is 10.6 Å². The Morgan fingerprint density at radius 3 is 2.74 bits per heavy atom. The number of para-hydroxylation sites is 1. The molecule has 0 bridgehead atoms. The average molecular weight is 345 g/mol. The highest BCUT2D eigenvalue weighted by molar-refractivity contribution is 7.71. The van der Waals surface area contributed by atoms with Crippen LogP contribution in [-0.4, -0.2) is 28.2 Å². The minimum atomic E-state index is 0.384. The largest absolute Gasteiger partial charge is 0.496 e. The molecule has 0 atom stereocenters. The van der Waals surface area contributed by atoms with E-state index < -0.39 is 0 Å². The molecule has 1 N–H and O–H groups in total. The van der Waals surface area contributed by atoms with Crippen molar-refractivity contribution < 1.29 is 4.74 Å². The lowest BCUT2D eigenvalue weighted by Gasteiger charge is -2.06. The Balaban J connectivity index is 2.07. The van der Waals surface area contributed by atoms with Gasteiger partial charge in [-0.3, -0.25) is 0 Å². The molecule has 0 spiro atoms. The van der Waals surface area contributed by atoms with Crippen molar-refractivity contribution in [2.45, 2.75) is 0 Å². The molecule has 0 aliphatic heterocycles. The van der Waals surface area contributed by atoms with Crippen LogP contribution >= 0.6 is 23.8 Å². The Labute approximate surface area is 143 Å². The van der Waals surface area contributed by atoms with Crippen molar-refractivity contribution in [3.63, 3.8) is 0 Å². The van der Waals surface area contributed by atoms with Gasteiger partial charge in [-0.05, 0) is 30.4 Å². The molecule has 7 heteroatoms. The van der Waals surface area contributed by atoms with E-state index in [1.807, 2.05) is 42.5 Å². The molecule has 5 nitrogen and oxygen atoms in total. The normalized spacial score (nSPS) is 11.0. The second-order valence-electron chi connectivity index (χ2n) is 4.63. The molecule has 0 aliphatic carbocycles. The van der Waals surface area contributed by atoms with E-state index in [1.54, 1.807) is 19.4 Å². The number of benzene rings is 2. The Kier molecular flexibility index (Phi) is 4.55. The first-order valence-corrected chi connectivity index (χ1v) is 7.59.